The van der Waals surface area contributed by atoms with Crippen LogP contribution >= 0.6 is 15.9 Å². The third kappa shape index (κ3) is 2.66. The molecule has 1 N–H and O–H groups in total. The van der Waals surface area contributed by atoms with E-state index in [-0.39, 0.29) is 17.7 Å². The number of hydrogen-bond acceptors (Lipinski definition) is 3. The molecule has 1 aliphatic rings. The van der Waals surface area contributed by atoms with Crippen LogP contribution in [-0.2, 0) is 16.0 Å². The molecule has 1 aromatic heterocycles. The first kappa shape index (κ1) is 11.3. The minimum Gasteiger partial charge on any atom is -0.296 e. The second-order valence-electron chi connectivity index (χ2n) is 3.82. The van der Waals surface area contributed by atoms with Crippen molar-refractivity contribution < 1.29 is 9.59 Å². The summed E-state index contributed by atoms with van der Waals surface area (Å²) in [4.78, 5) is 26.7. The summed E-state index contributed by atoms with van der Waals surface area (Å²) in [6, 6.07) is 3.78. The van der Waals surface area contributed by atoms with E-state index in [0.29, 0.717) is 19.3 Å². The summed E-state index contributed by atoms with van der Waals surface area (Å²) < 4.78 is 0.916. The highest BCUT2D eigenvalue weighted by atomic mass is 79.9. The number of pyridine rings is 1. The van der Waals surface area contributed by atoms with Gasteiger partial charge in [-0.05, 0) is 34.5 Å². The molecule has 2 heterocycles. The van der Waals surface area contributed by atoms with Crippen molar-refractivity contribution in [2.45, 2.75) is 19.3 Å². The highest BCUT2D eigenvalue weighted by Crippen LogP contribution is 2.17. The summed E-state index contributed by atoms with van der Waals surface area (Å²) in [5.74, 6) is -0.489. The molecule has 0 bridgehead atoms. The van der Waals surface area contributed by atoms with Gasteiger partial charge in [0.05, 0.1) is 0 Å². The summed E-state index contributed by atoms with van der Waals surface area (Å²) in [6.07, 6.45) is 3.34. The van der Waals surface area contributed by atoms with Crippen molar-refractivity contribution in [3.8, 4) is 0 Å². The fourth-order valence-electron chi connectivity index (χ4n) is 1.71. The van der Waals surface area contributed by atoms with Crippen molar-refractivity contribution in [3.63, 3.8) is 0 Å². The molecule has 2 amide bonds. The van der Waals surface area contributed by atoms with Crippen LogP contribution in [0.1, 0.15) is 18.5 Å². The quantitative estimate of drug-likeness (QED) is 0.835. The number of aromatic nitrogens is 1. The average Bonchev–Trinajstić information content (AvgIpc) is 2.25. The Labute approximate surface area is 102 Å². The Bertz CT molecular complexity index is 416. The predicted molar refractivity (Wildman–Crippen MR) is 61.5 cm³/mol. The minimum absolute atomic E-state index is 0.133. The molecular weight excluding hydrogens is 272 g/mol. The second kappa shape index (κ2) is 4.74. The molecule has 0 spiro atoms. The lowest BCUT2D eigenvalue weighted by Crippen LogP contribution is -2.41. The van der Waals surface area contributed by atoms with Gasteiger partial charge < -0.3 is 0 Å². The molecule has 1 aromatic rings. The molecule has 4 nitrogen and oxygen atoms in total. The predicted octanol–water partition coefficient (Wildman–Crippen LogP) is 1.44. The number of amides is 2. The van der Waals surface area contributed by atoms with Gasteiger partial charge in [0.25, 0.3) is 0 Å². The summed E-state index contributed by atoms with van der Waals surface area (Å²) in [7, 11) is 0. The highest BCUT2D eigenvalue weighted by Gasteiger charge is 2.26. The van der Waals surface area contributed by atoms with Gasteiger partial charge in [0, 0.05) is 35.1 Å². The third-order valence-corrected chi connectivity index (χ3v) is 3.07. The van der Waals surface area contributed by atoms with Crippen molar-refractivity contribution in [2.24, 2.45) is 5.92 Å². The summed E-state index contributed by atoms with van der Waals surface area (Å²) in [5.41, 5.74) is 0.873. The Morgan fingerprint density at radius 3 is 2.88 bits per heavy atom. The second-order valence-corrected chi connectivity index (χ2v) is 4.74. The van der Waals surface area contributed by atoms with Gasteiger partial charge in [-0.1, -0.05) is 0 Å². The largest absolute Gasteiger partial charge is 0.296 e. The van der Waals surface area contributed by atoms with Gasteiger partial charge in [0.2, 0.25) is 11.8 Å². The zero-order chi connectivity index (χ0) is 11.5. The van der Waals surface area contributed by atoms with Crippen molar-refractivity contribution in [1.29, 1.82) is 0 Å². The molecule has 1 atom stereocenters. The Morgan fingerprint density at radius 2 is 2.25 bits per heavy atom. The lowest BCUT2D eigenvalue weighted by atomic mass is 9.93. The van der Waals surface area contributed by atoms with Crippen LogP contribution < -0.4 is 5.32 Å². The summed E-state index contributed by atoms with van der Waals surface area (Å²) >= 11 is 3.30. The first-order valence-corrected chi connectivity index (χ1v) is 5.88. The number of nitrogens with zero attached hydrogens (tertiary/aromatic N) is 1. The molecular formula is C11H11BrN2O2. The first-order chi connectivity index (χ1) is 7.65. The van der Waals surface area contributed by atoms with Crippen molar-refractivity contribution in [3.05, 3.63) is 28.5 Å². The Kier molecular flexibility index (Phi) is 3.33. The topological polar surface area (TPSA) is 59.1 Å². The monoisotopic (exact) mass is 282 g/mol. The van der Waals surface area contributed by atoms with Gasteiger partial charge in [0.15, 0.2) is 0 Å². The maximum absolute atomic E-state index is 11.5. The van der Waals surface area contributed by atoms with Gasteiger partial charge in [-0.3, -0.25) is 19.9 Å². The zero-order valence-corrected chi connectivity index (χ0v) is 10.2. The van der Waals surface area contributed by atoms with E-state index in [1.165, 1.54) is 0 Å². The van der Waals surface area contributed by atoms with Crippen molar-refractivity contribution in [1.82, 2.24) is 10.3 Å². The highest BCUT2D eigenvalue weighted by molar-refractivity contribution is 9.10. The van der Waals surface area contributed by atoms with E-state index in [1.54, 1.807) is 6.20 Å². The molecule has 0 radical (unpaired) electrons. The van der Waals surface area contributed by atoms with E-state index >= 15 is 0 Å². The number of halogens is 1. The van der Waals surface area contributed by atoms with Gasteiger partial charge in [-0.25, -0.2) is 0 Å². The smallest absolute Gasteiger partial charge is 0.230 e. The van der Waals surface area contributed by atoms with E-state index in [4.69, 9.17) is 0 Å². The molecule has 0 aliphatic carbocycles. The molecule has 0 aromatic carbocycles. The molecule has 0 saturated carbocycles. The van der Waals surface area contributed by atoms with Gasteiger partial charge in [-0.15, -0.1) is 0 Å². The zero-order valence-electron chi connectivity index (χ0n) is 8.57. The molecule has 16 heavy (non-hydrogen) atoms. The molecule has 5 heteroatoms. The number of carbonyl (C=O) groups is 2. The normalized spacial score (nSPS) is 20.7. The summed E-state index contributed by atoms with van der Waals surface area (Å²) in [5, 5.41) is 2.35. The van der Waals surface area contributed by atoms with E-state index in [9.17, 15) is 9.59 Å². The first-order valence-electron chi connectivity index (χ1n) is 5.09. The fourth-order valence-corrected chi connectivity index (χ4v) is 1.95. The van der Waals surface area contributed by atoms with Crippen LogP contribution in [-0.4, -0.2) is 16.8 Å². The lowest BCUT2D eigenvalue weighted by molar-refractivity contribution is -0.136. The van der Waals surface area contributed by atoms with E-state index < -0.39 is 0 Å². The molecule has 1 saturated heterocycles. The van der Waals surface area contributed by atoms with Crippen LogP contribution in [0.2, 0.25) is 0 Å². The van der Waals surface area contributed by atoms with Crippen LogP contribution in [0.15, 0.2) is 22.8 Å². The molecule has 1 aliphatic heterocycles. The molecule has 84 valence electrons. The van der Waals surface area contributed by atoms with Crippen LogP contribution in [0.25, 0.3) is 0 Å². The standard InChI is InChI=1S/C11H11BrN2O2/c12-8-2-3-9(13-6-8)5-7-1-4-10(15)14-11(7)16/h2-3,6-7H,1,4-5H2,(H,14,15,16). The Balaban J connectivity index is 2.02. The minimum atomic E-state index is -0.180. The average molecular weight is 283 g/mol. The van der Waals surface area contributed by atoms with E-state index in [2.05, 4.69) is 26.2 Å². The molecule has 2 rings (SSSR count). The Hall–Kier alpha value is -1.23. The van der Waals surface area contributed by atoms with Crippen molar-refractivity contribution >= 4 is 27.7 Å². The Morgan fingerprint density at radius 1 is 1.44 bits per heavy atom. The van der Waals surface area contributed by atoms with E-state index in [0.717, 1.165) is 10.2 Å². The number of rotatable bonds is 2. The van der Waals surface area contributed by atoms with Crippen LogP contribution in [0.4, 0.5) is 0 Å². The number of nitrogens with one attached hydrogen (secondary N) is 1. The maximum atomic E-state index is 11.5. The van der Waals surface area contributed by atoms with Gasteiger partial charge >= 0.3 is 0 Å². The fraction of sp³-hybridized carbons (Fsp3) is 0.364. The lowest BCUT2D eigenvalue weighted by Gasteiger charge is -2.20. The van der Waals surface area contributed by atoms with E-state index in [1.807, 2.05) is 12.1 Å². The number of hydrogen-bond donors (Lipinski definition) is 1. The third-order valence-electron chi connectivity index (χ3n) is 2.60. The van der Waals surface area contributed by atoms with Crippen LogP contribution in [0, 0.1) is 5.92 Å². The number of imide groups is 1. The SMILES string of the molecule is O=C1CCC(Cc2ccc(Br)cn2)C(=O)N1. The van der Waals surface area contributed by atoms with Crippen molar-refractivity contribution in [2.75, 3.05) is 0 Å². The van der Waals surface area contributed by atoms with Crippen LogP contribution in [0.5, 0.6) is 0 Å². The van der Waals surface area contributed by atoms with Gasteiger partial charge in [-0.2, -0.15) is 0 Å². The number of piperidine rings is 1. The van der Waals surface area contributed by atoms with Gasteiger partial charge in [0.1, 0.15) is 0 Å². The summed E-state index contributed by atoms with van der Waals surface area (Å²) in [6.45, 7) is 0. The molecule has 1 unspecified atom stereocenters. The maximum Gasteiger partial charge on any atom is 0.230 e. The number of carbonyl (C=O) groups excluding carboxylic acids is 2. The van der Waals surface area contributed by atoms with Crippen LogP contribution in [0.3, 0.4) is 0 Å². The molecule has 1 fully saturated rings.